The monoisotopic (exact) mass is 461 g/mol. The van der Waals surface area contributed by atoms with Gasteiger partial charge in [0.15, 0.2) is 5.78 Å². The van der Waals surface area contributed by atoms with E-state index in [2.05, 4.69) is 4.90 Å². The minimum Gasteiger partial charge on any atom is -0.481 e. The number of carboxylic acid groups (broad SMARTS) is 1. The van der Waals surface area contributed by atoms with Crippen LogP contribution in [0.3, 0.4) is 0 Å². The van der Waals surface area contributed by atoms with Crippen molar-refractivity contribution < 1.29 is 19.4 Å². The molecule has 1 saturated heterocycles. The van der Waals surface area contributed by atoms with E-state index in [1.54, 1.807) is 18.2 Å². The van der Waals surface area contributed by atoms with Crippen molar-refractivity contribution in [2.24, 2.45) is 5.92 Å². The summed E-state index contributed by atoms with van der Waals surface area (Å²) >= 11 is 6.23. The summed E-state index contributed by atoms with van der Waals surface area (Å²) in [5, 5.41) is 9.99. The van der Waals surface area contributed by atoms with E-state index in [0.717, 1.165) is 43.5 Å². The Morgan fingerprint density at radius 3 is 2.77 bits per heavy atom. The number of rotatable bonds is 2. The van der Waals surface area contributed by atoms with Gasteiger partial charge >= 0.3 is 5.97 Å². The highest BCUT2D eigenvalue weighted by atomic mass is 35.5. The number of hydrogen-bond acceptors (Lipinski definition) is 4. The molecule has 0 amide bonds. The van der Waals surface area contributed by atoms with Gasteiger partial charge in [0.2, 0.25) is 0 Å². The zero-order chi connectivity index (χ0) is 20.9. The third-order valence-electron chi connectivity index (χ3n) is 7.05. The van der Waals surface area contributed by atoms with Gasteiger partial charge in [0.05, 0.1) is 16.9 Å². The lowest BCUT2D eigenvalue weighted by Gasteiger charge is -2.36. The maximum Gasteiger partial charge on any atom is 0.307 e. The van der Waals surface area contributed by atoms with Gasteiger partial charge in [-0.25, -0.2) is 0 Å². The van der Waals surface area contributed by atoms with Crippen LogP contribution in [0.1, 0.15) is 48.0 Å². The molecule has 2 fully saturated rings. The van der Waals surface area contributed by atoms with Crippen LogP contribution in [0.25, 0.3) is 0 Å². The summed E-state index contributed by atoms with van der Waals surface area (Å²) in [6.07, 6.45) is 3.86. The van der Waals surface area contributed by atoms with Crippen LogP contribution in [-0.4, -0.2) is 40.9 Å². The highest BCUT2D eigenvalue weighted by Gasteiger charge is 2.51. The third kappa shape index (κ3) is 3.73. The molecule has 2 aromatic carbocycles. The average molecular weight is 462 g/mol. The minimum absolute atomic E-state index is 0. The molecule has 3 unspecified atom stereocenters. The fourth-order valence-corrected chi connectivity index (χ4v) is 5.71. The second kappa shape index (κ2) is 8.45. The number of ketones is 1. The molecule has 1 aliphatic carbocycles. The van der Waals surface area contributed by atoms with Gasteiger partial charge in [-0.2, -0.15) is 0 Å². The molecular weight excluding hydrogens is 437 g/mol. The molecule has 2 aromatic rings. The average Bonchev–Trinajstić information content (AvgIpc) is 3.18. The van der Waals surface area contributed by atoms with Crippen molar-refractivity contribution in [1.29, 1.82) is 0 Å². The highest BCUT2D eigenvalue weighted by molar-refractivity contribution is 6.31. The number of halogens is 2. The summed E-state index contributed by atoms with van der Waals surface area (Å²) in [7, 11) is 0. The van der Waals surface area contributed by atoms with Crippen LogP contribution in [-0.2, 0) is 10.2 Å². The van der Waals surface area contributed by atoms with Crippen molar-refractivity contribution in [2.75, 3.05) is 13.1 Å². The van der Waals surface area contributed by atoms with E-state index in [4.69, 9.17) is 16.3 Å². The van der Waals surface area contributed by atoms with E-state index in [1.165, 1.54) is 0 Å². The fraction of sp³-hybridized carbons (Fsp3) is 0.417. The number of carbonyl (C=O) groups is 2. The van der Waals surface area contributed by atoms with Crippen LogP contribution in [0, 0.1) is 5.92 Å². The standard InChI is InChI=1S/C24H24ClNO4.ClH/c25-16-7-8-20-18(12-16)22(27)24(19-5-1-2-6-21(19)30-20)10-9-17(13-24)26-11-3-4-15(14-26)23(28)29;/h1-2,5-8,12,15,17H,3-4,9-11,13-14H2,(H,28,29);1H. The Labute approximate surface area is 192 Å². The number of fused-ring (bicyclic) bond motifs is 3. The van der Waals surface area contributed by atoms with Gasteiger partial charge in [-0.3, -0.25) is 14.5 Å². The number of Topliss-reactive ketones (excluding diaryl/α,β-unsaturated/α-hetero) is 1. The normalized spacial score (nSPS) is 27.6. The first kappa shape index (κ1) is 22.1. The molecule has 5 nitrogen and oxygen atoms in total. The smallest absolute Gasteiger partial charge is 0.307 e. The highest BCUT2D eigenvalue weighted by Crippen LogP contribution is 2.52. The molecule has 7 heteroatoms. The Morgan fingerprint density at radius 2 is 1.97 bits per heavy atom. The van der Waals surface area contributed by atoms with E-state index >= 15 is 0 Å². The van der Waals surface area contributed by atoms with Gasteiger partial charge in [0.25, 0.3) is 0 Å². The molecule has 1 saturated carbocycles. The number of aliphatic carboxylic acids is 1. The van der Waals surface area contributed by atoms with Crippen molar-refractivity contribution in [2.45, 2.75) is 43.6 Å². The molecule has 3 aliphatic rings. The lowest BCUT2D eigenvalue weighted by molar-refractivity contribution is -0.143. The van der Waals surface area contributed by atoms with Gasteiger partial charge in [0, 0.05) is 23.2 Å². The molecule has 164 valence electrons. The van der Waals surface area contributed by atoms with Crippen molar-refractivity contribution in [3.8, 4) is 11.5 Å². The molecule has 0 bridgehead atoms. The molecule has 2 heterocycles. The molecule has 3 atom stereocenters. The molecule has 0 aromatic heterocycles. The Morgan fingerprint density at radius 1 is 1.16 bits per heavy atom. The van der Waals surface area contributed by atoms with E-state index in [1.807, 2.05) is 24.3 Å². The molecule has 0 radical (unpaired) electrons. The summed E-state index contributed by atoms with van der Waals surface area (Å²) in [4.78, 5) is 27.7. The zero-order valence-electron chi connectivity index (χ0n) is 17.1. The number of para-hydroxylation sites is 1. The fourth-order valence-electron chi connectivity index (χ4n) is 5.54. The van der Waals surface area contributed by atoms with Crippen molar-refractivity contribution in [3.63, 3.8) is 0 Å². The van der Waals surface area contributed by atoms with Crippen LogP contribution in [0.4, 0.5) is 0 Å². The number of ether oxygens (including phenoxy) is 1. The van der Waals surface area contributed by atoms with E-state index < -0.39 is 11.4 Å². The number of benzene rings is 2. The number of hydrogen-bond donors (Lipinski definition) is 1. The largest absolute Gasteiger partial charge is 0.481 e. The predicted molar refractivity (Wildman–Crippen MR) is 121 cm³/mol. The van der Waals surface area contributed by atoms with E-state index in [0.29, 0.717) is 29.3 Å². The van der Waals surface area contributed by atoms with E-state index in [-0.39, 0.29) is 30.2 Å². The molecule has 1 spiro atoms. The first-order valence-electron chi connectivity index (χ1n) is 10.6. The Hall–Kier alpha value is -2.08. The third-order valence-corrected chi connectivity index (χ3v) is 7.29. The van der Waals surface area contributed by atoms with Crippen molar-refractivity contribution in [1.82, 2.24) is 4.90 Å². The van der Waals surface area contributed by atoms with Crippen LogP contribution in [0.5, 0.6) is 11.5 Å². The van der Waals surface area contributed by atoms with Gasteiger partial charge in [-0.05, 0) is 62.9 Å². The quantitative estimate of drug-likeness (QED) is 0.653. The van der Waals surface area contributed by atoms with Gasteiger partial charge in [-0.1, -0.05) is 29.8 Å². The summed E-state index contributed by atoms with van der Waals surface area (Å²) in [6.45, 7) is 1.45. The summed E-state index contributed by atoms with van der Waals surface area (Å²) in [6, 6.07) is 13.2. The van der Waals surface area contributed by atoms with Crippen LogP contribution < -0.4 is 4.74 Å². The second-order valence-corrected chi connectivity index (χ2v) is 9.16. The van der Waals surface area contributed by atoms with Crippen LogP contribution in [0.2, 0.25) is 5.02 Å². The number of carbonyl (C=O) groups excluding carboxylic acids is 1. The number of piperidine rings is 1. The number of likely N-dealkylation sites (tertiary alicyclic amines) is 1. The first-order valence-corrected chi connectivity index (χ1v) is 10.9. The summed E-state index contributed by atoms with van der Waals surface area (Å²) in [5.74, 6) is 0.269. The molecular formula is C24H25Cl2NO4. The second-order valence-electron chi connectivity index (χ2n) is 8.72. The van der Waals surface area contributed by atoms with Crippen LogP contribution in [0.15, 0.2) is 42.5 Å². The molecule has 5 rings (SSSR count). The Kier molecular flexibility index (Phi) is 6.03. The summed E-state index contributed by atoms with van der Waals surface area (Å²) < 4.78 is 6.17. The number of carboxylic acids is 1. The Balaban J connectivity index is 0.00000231. The molecule has 1 N–H and O–H groups in total. The molecule has 31 heavy (non-hydrogen) atoms. The van der Waals surface area contributed by atoms with Gasteiger partial charge in [-0.15, -0.1) is 12.4 Å². The zero-order valence-corrected chi connectivity index (χ0v) is 18.6. The van der Waals surface area contributed by atoms with Crippen molar-refractivity contribution >= 4 is 35.8 Å². The topological polar surface area (TPSA) is 66.8 Å². The van der Waals surface area contributed by atoms with Gasteiger partial charge < -0.3 is 9.84 Å². The lowest BCUT2D eigenvalue weighted by Crippen LogP contribution is -2.45. The molecule has 2 aliphatic heterocycles. The number of nitrogens with zero attached hydrogens (tertiary/aromatic N) is 1. The predicted octanol–water partition coefficient (Wildman–Crippen LogP) is 5.34. The Bertz CT molecular complexity index is 1030. The first-order chi connectivity index (χ1) is 14.5. The maximum absolute atomic E-state index is 13.9. The SMILES string of the molecule is Cl.O=C(O)C1CCCN(C2CCC3(C2)C(=O)c2cc(Cl)ccc2Oc2ccccc23)C1. The van der Waals surface area contributed by atoms with Crippen LogP contribution >= 0.6 is 24.0 Å². The lowest BCUT2D eigenvalue weighted by atomic mass is 9.73. The van der Waals surface area contributed by atoms with E-state index in [9.17, 15) is 14.7 Å². The summed E-state index contributed by atoms with van der Waals surface area (Å²) in [5.41, 5.74) is 0.783. The van der Waals surface area contributed by atoms with Gasteiger partial charge in [0.1, 0.15) is 11.5 Å². The maximum atomic E-state index is 13.9. The minimum atomic E-state index is -0.722. The van der Waals surface area contributed by atoms with Crippen molar-refractivity contribution in [3.05, 3.63) is 58.6 Å².